The van der Waals surface area contributed by atoms with E-state index < -0.39 is 0 Å². The van der Waals surface area contributed by atoms with Gasteiger partial charge in [0.25, 0.3) is 0 Å². The Labute approximate surface area is 120 Å². The molecule has 0 aliphatic carbocycles. The first-order chi connectivity index (χ1) is 9.65. The fraction of sp³-hybridized carbons (Fsp3) is 0.533. The van der Waals surface area contributed by atoms with Crippen LogP contribution in [0.25, 0.3) is 0 Å². The van der Waals surface area contributed by atoms with Gasteiger partial charge in [0, 0.05) is 18.3 Å². The van der Waals surface area contributed by atoms with Crippen LogP contribution in [0.2, 0.25) is 0 Å². The van der Waals surface area contributed by atoms with Gasteiger partial charge in [-0.25, -0.2) is 0 Å². The van der Waals surface area contributed by atoms with Crippen LogP contribution in [0.1, 0.15) is 26.7 Å². The number of nitrogens with two attached hydrogens (primary N) is 1. The predicted molar refractivity (Wildman–Crippen MR) is 80.2 cm³/mol. The molecule has 1 aromatic carbocycles. The van der Waals surface area contributed by atoms with Gasteiger partial charge < -0.3 is 20.5 Å². The lowest BCUT2D eigenvalue weighted by Gasteiger charge is -2.15. The number of rotatable bonds is 8. The van der Waals surface area contributed by atoms with E-state index in [4.69, 9.17) is 15.2 Å². The Morgan fingerprint density at radius 2 is 2.10 bits per heavy atom. The van der Waals surface area contributed by atoms with E-state index in [-0.39, 0.29) is 11.8 Å². The van der Waals surface area contributed by atoms with Crippen molar-refractivity contribution >= 4 is 11.6 Å². The van der Waals surface area contributed by atoms with E-state index in [1.165, 1.54) is 0 Å². The number of hydrogen-bond donors (Lipinski definition) is 2. The highest BCUT2D eigenvalue weighted by Crippen LogP contribution is 2.30. The van der Waals surface area contributed by atoms with Crippen molar-refractivity contribution in [3.63, 3.8) is 0 Å². The summed E-state index contributed by atoms with van der Waals surface area (Å²) >= 11 is 0. The summed E-state index contributed by atoms with van der Waals surface area (Å²) in [7, 11) is 1.59. The zero-order valence-corrected chi connectivity index (χ0v) is 12.4. The largest absolute Gasteiger partial charge is 0.493 e. The maximum atomic E-state index is 12.1. The van der Waals surface area contributed by atoms with Gasteiger partial charge in [0.1, 0.15) is 0 Å². The topological polar surface area (TPSA) is 73.6 Å². The third-order valence-corrected chi connectivity index (χ3v) is 3.02. The Hall–Kier alpha value is -1.75. The maximum Gasteiger partial charge on any atom is 0.228 e. The van der Waals surface area contributed by atoms with Crippen molar-refractivity contribution in [3.05, 3.63) is 18.2 Å². The van der Waals surface area contributed by atoms with Crippen molar-refractivity contribution in [1.82, 2.24) is 0 Å². The van der Waals surface area contributed by atoms with Crippen LogP contribution in [0.3, 0.4) is 0 Å². The molecule has 112 valence electrons. The van der Waals surface area contributed by atoms with E-state index in [9.17, 15) is 4.79 Å². The standard InChI is InChI=1S/C15H24N2O3/c1-4-6-11(10-16)15(18)17-12-7-8-13(19-3)14(9-12)20-5-2/h7-9,11H,4-6,10,16H2,1-3H3,(H,17,18). The average Bonchev–Trinajstić information content (AvgIpc) is 2.45. The van der Waals surface area contributed by atoms with Gasteiger partial charge in [-0.1, -0.05) is 13.3 Å². The van der Waals surface area contributed by atoms with Gasteiger partial charge >= 0.3 is 0 Å². The van der Waals surface area contributed by atoms with Gasteiger partial charge in [-0.15, -0.1) is 0 Å². The van der Waals surface area contributed by atoms with Crippen LogP contribution in [0.15, 0.2) is 18.2 Å². The van der Waals surface area contributed by atoms with Crippen molar-refractivity contribution in [2.75, 3.05) is 25.6 Å². The molecule has 0 saturated carbocycles. The molecule has 0 aliphatic rings. The van der Waals surface area contributed by atoms with Gasteiger partial charge in [0.15, 0.2) is 11.5 Å². The van der Waals surface area contributed by atoms with Crippen molar-refractivity contribution in [2.24, 2.45) is 11.7 Å². The highest BCUT2D eigenvalue weighted by molar-refractivity contribution is 5.93. The Kier molecular flexibility index (Phi) is 6.87. The number of anilines is 1. The lowest BCUT2D eigenvalue weighted by molar-refractivity contribution is -0.119. The smallest absolute Gasteiger partial charge is 0.228 e. The molecular weight excluding hydrogens is 256 g/mol. The summed E-state index contributed by atoms with van der Waals surface area (Å²) in [5, 5.41) is 2.87. The van der Waals surface area contributed by atoms with Crippen LogP contribution in [-0.4, -0.2) is 26.2 Å². The quantitative estimate of drug-likeness (QED) is 0.767. The van der Waals surface area contributed by atoms with Crippen molar-refractivity contribution < 1.29 is 14.3 Å². The molecule has 1 aromatic rings. The van der Waals surface area contributed by atoms with E-state index in [0.717, 1.165) is 12.8 Å². The second-order valence-electron chi connectivity index (χ2n) is 4.51. The predicted octanol–water partition coefficient (Wildman–Crippen LogP) is 2.41. The summed E-state index contributed by atoms with van der Waals surface area (Å²) in [4.78, 5) is 12.1. The van der Waals surface area contributed by atoms with Gasteiger partial charge in [0.05, 0.1) is 19.6 Å². The molecule has 0 heterocycles. The average molecular weight is 280 g/mol. The first kappa shape index (κ1) is 16.3. The van der Waals surface area contributed by atoms with Crippen LogP contribution in [-0.2, 0) is 4.79 Å². The van der Waals surface area contributed by atoms with E-state index >= 15 is 0 Å². The molecule has 0 bridgehead atoms. The highest BCUT2D eigenvalue weighted by atomic mass is 16.5. The molecule has 5 nitrogen and oxygen atoms in total. The maximum absolute atomic E-state index is 12.1. The summed E-state index contributed by atoms with van der Waals surface area (Å²) in [5.74, 6) is 1.06. The number of nitrogens with one attached hydrogen (secondary N) is 1. The second kappa shape index (κ2) is 8.43. The number of carbonyl (C=O) groups excluding carboxylic acids is 1. The number of methoxy groups -OCH3 is 1. The van der Waals surface area contributed by atoms with Gasteiger partial charge in [-0.2, -0.15) is 0 Å². The third-order valence-electron chi connectivity index (χ3n) is 3.02. The van der Waals surface area contributed by atoms with Crippen molar-refractivity contribution in [2.45, 2.75) is 26.7 Å². The number of benzene rings is 1. The lowest BCUT2D eigenvalue weighted by Crippen LogP contribution is -2.29. The Balaban J connectivity index is 2.81. The molecule has 1 rings (SSSR count). The monoisotopic (exact) mass is 280 g/mol. The molecule has 1 atom stereocenters. The fourth-order valence-electron chi connectivity index (χ4n) is 1.97. The normalized spacial score (nSPS) is 11.8. The van der Waals surface area contributed by atoms with Crippen LogP contribution >= 0.6 is 0 Å². The minimum atomic E-state index is -0.155. The molecule has 0 fully saturated rings. The molecule has 1 amide bonds. The van der Waals surface area contributed by atoms with Gasteiger partial charge in [-0.05, 0) is 25.5 Å². The van der Waals surface area contributed by atoms with E-state index in [1.807, 2.05) is 13.8 Å². The van der Waals surface area contributed by atoms with Gasteiger partial charge in [0.2, 0.25) is 5.91 Å². The zero-order valence-electron chi connectivity index (χ0n) is 12.4. The Bertz CT molecular complexity index is 435. The molecule has 0 radical (unpaired) electrons. The van der Waals surface area contributed by atoms with E-state index in [0.29, 0.717) is 30.3 Å². The molecule has 0 aromatic heterocycles. The van der Waals surface area contributed by atoms with Crippen LogP contribution in [0.4, 0.5) is 5.69 Å². The summed E-state index contributed by atoms with van der Waals surface area (Å²) in [6.45, 7) is 4.83. The Morgan fingerprint density at radius 1 is 1.35 bits per heavy atom. The second-order valence-corrected chi connectivity index (χ2v) is 4.51. The summed E-state index contributed by atoms with van der Waals surface area (Å²) in [6, 6.07) is 5.33. The first-order valence-corrected chi connectivity index (χ1v) is 6.97. The minimum absolute atomic E-state index is 0.0537. The summed E-state index contributed by atoms with van der Waals surface area (Å²) in [5.41, 5.74) is 6.32. The van der Waals surface area contributed by atoms with E-state index in [1.54, 1.807) is 25.3 Å². The molecule has 3 N–H and O–H groups in total. The molecule has 1 unspecified atom stereocenters. The van der Waals surface area contributed by atoms with Crippen LogP contribution < -0.4 is 20.5 Å². The number of hydrogen-bond acceptors (Lipinski definition) is 4. The molecule has 0 aliphatic heterocycles. The minimum Gasteiger partial charge on any atom is -0.493 e. The third kappa shape index (κ3) is 4.42. The van der Waals surface area contributed by atoms with Gasteiger partial charge in [-0.3, -0.25) is 4.79 Å². The lowest BCUT2D eigenvalue weighted by atomic mass is 10.0. The molecule has 5 heteroatoms. The number of carbonyl (C=O) groups is 1. The SMILES string of the molecule is CCCC(CN)C(=O)Nc1ccc(OC)c(OCC)c1. The number of ether oxygens (including phenoxy) is 2. The van der Waals surface area contributed by atoms with Crippen LogP contribution in [0.5, 0.6) is 11.5 Å². The van der Waals surface area contributed by atoms with Crippen LogP contribution in [0, 0.1) is 5.92 Å². The van der Waals surface area contributed by atoms with Crippen molar-refractivity contribution in [3.8, 4) is 11.5 Å². The molecular formula is C15H24N2O3. The molecule has 0 spiro atoms. The number of amides is 1. The first-order valence-electron chi connectivity index (χ1n) is 6.97. The highest BCUT2D eigenvalue weighted by Gasteiger charge is 2.16. The zero-order chi connectivity index (χ0) is 15.0. The fourth-order valence-corrected chi connectivity index (χ4v) is 1.97. The summed E-state index contributed by atoms with van der Waals surface area (Å²) in [6.07, 6.45) is 1.72. The van der Waals surface area contributed by atoms with Crippen molar-refractivity contribution in [1.29, 1.82) is 0 Å². The van der Waals surface area contributed by atoms with E-state index in [2.05, 4.69) is 5.32 Å². The Morgan fingerprint density at radius 3 is 2.65 bits per heavy atom. The summed E-state index contributed by atoms with van der Waals surface area (Å²) < 4.78 is 10.7. The molecule has 20 heavy (non-hydrogen) atoms. The molecule has 0 saturated heterocycles.